The molecule has 0 radical (unpaired) electrons. The summed E-state index contributed by atoms with van der Waals surface area (Å²) in [5.74, 6) is 0.578. The van der Waals surface area contributed by atoms with Crippen LogP contribution < -0.4 is 5.73 Å². The molecule has 0 saturated heterocycles. The highest BCUT2D eigenvalue weighted by atomic mass is 35.5. The minimum absolute atomic E-state index is 0.189. The van der Waals surface area contributed by atoms with Gasteiger partial charge in [0.05, 0.1) is 0 Å². The van der Waals surface area contributed by atoms with Gasteiger partial charge in [0.25, 0.3) is 0 Å². The fraction of sp³-hybridized carbons (Fsp3) is 0.462. The fourth-order valence-corrected chi connectivity index (χ4v) is 1.97. The van der Waals surface area contributed by atoms with E-state index >= 15 is 0 Å². The number of halogens is 2. The molecule has 17 heavy (non-hydrogen) atoms. The minimum Gasteiger partial charge on any atom is -0.330 e. The van der Waals surface area contributed by atoms with Crippen molar-refractivity contribution in [1.82, 2.24) is 0 Å². The van der Waals surface area contributed by atoms with Crippen molar-refractivity contribution in [2.75, 3.05) is 6.54 Å². The topological polar surface area (TPSA) is 43.1 Å². The molecule has 0 aliphatic rings. The fourth-order valence-electron chi connectivity index (χ4n) is 1.49. The Morgan fingerprint density at radius 2 is 2.12 bits per heavy atom. The largest absolute Gasteiger partial charge is 0.330 e. The van der Waals surface area contributed by atoms with Crippen molar-refractivity contribution in [2.24, 2.45) is 11.7 Å². The molecule has 94 valence electrons. The molecule has 1 rings (SSSR count). The number of benzene rings is 1. The molecule has 1 aromatic rings. The van der Waals surface area contributed by atoms with Gasteiger partial charge in [0.1, 0.15) is 5.78 Å². The summed E-state index contributed by atoms with van der Waals surface area (Å²) in [5.41, 5.74) is 6.34. The van der Waals surface area contributed by atoms with Crippen LogP contribution in [0.3, 0.4) is 0 Å². The standard InChI is InChI=1S/C13H17Cl2NO/c1-9(8-16)2-5-12(17)6-10-3-4-11(14)7-13(10)15/h3-4,7,9H,2,5-6,8,16H2,1H3. The van der Waals surface area contributed by atoms with Crippen LogP contribution in [0.4, 0.5) is 0 Å². The Labute approximate surface area is 112 Å². The minimum atomic E-state index is 0.189. The molecular formula is C13H17Cl2NO. The van der Waals surface area contributed by atoms with Crippen LogP contribution in [0.1, 0.15) is 25.3 Å². The van der Waals surface area contributed by atoms with Crippen LogP contribution in [-0.4, -0.2) is 12.3 Å². The average molecular weight is 274 g/mol. The third-order valence-electron chi connectivity index (χ3n) is 2.72. The zero-order valence-corrected chi connectivity index (χ0v) is 11.4. The predicted molar refractivity (Wildman–Crippen MR) is 72.6 cm³/mol. The summed E-state index contributed by atoms with van der Waals surface area (Å²) in [6, 6.07) is 5.21. The lowest BCUT2D eigenvalue weighted by Crippen LogP contribution is -2.13. The molecule has 2 nitrogen and oxygen atoms in total. The molecule has 4 heteroatoms. The second kappa shape index (κ2) is 7.00. The summed E-state index contributed by atoms with van der Waals surface area (Å²) in [4.78, 5) is 11.7. The van der Waals surface area contributed by atoms with E-state index in [2.05, 4.69) is 0 Å². The van der Waals surface area contributed by atoms with E-state index in [1.165, 1.54) is 0 Å². The molecular weight excluding hydrogens is 257 g/mol. The Morgan fingerprint density at radius 3 is 2.71 bits per heavy atom. The van der Waals surface area contributed by atoms with Gasteiger partial charge in [0.15, 0.2) is 0 Å². The van der Waals surface area contributed by atoms with Gasteiger partial charge in [-0.15, -0.1) is 0 Å². The van der Waals surface area contributed by atoms with Crippen molar-refractivity contribution >= 4 is 29.0 Å². The first-order valence-corrected chi connectivity index (χ1v) is 6.44. The van der Waals surface area contributed by atoms with Crippen molar-refractivity contribution in [3.63, 3.8) is 0 Å². The van der Waals surface area contributed by atoms with E-state index < -0.39 is 0 Å². The third-order valence-corrected chi connectivity index (χ3v) is 3.31. The van der Waals surface area contributed by atoms with E-state index in [9.17, 15) is 4.79 Å². The predicted octanol–water partition coefficient (Wildman–Crippen LogP) is 3.48. The molecule has 0 heterocycles. The SMILES string of the molecule is CC(CN)CCC(=O)Cc1ccc(Cl)cc1Cl. The van der Waals surface area contributed by atoms with E-state index in [4.69, 9.17) is 28.9 Å². The molecule has 0 aromatic heterocycles. The van der Waals surface area contributed by atoms with E-state index in [0.717, 1.165) is 12.0 Å². The number of nitrogens with two attached hydrogens (primary N) is 1. The van der Waals surface area contributed by atoms with E-state index in [1.54, 1.807) is 18.2 Å². The number of carbonyl (C=O) groups is 1. The molecule has 0 aliphatic carbocycles. The summed E-state index contributed by atoms with van der Waals surface area (Å²) in [5, 5.41) is 1.14. The van der Waals surface area contributed by atoms with Crippen molar-refractivity contribution in [3.8, 4) is 0 Å². The molecule has 1 atom stereocenters. The number of hydrogen-bond donors (Lipinski definition) is 1. The maximum atomic E-state index is 11.7. The van der Waals surface area contributed by atoms with Gasteiger partial charge in [-0.2, -0.15) is 0 Å². The second-order valence-electron chi connectivity index (χ2n) is 4.33. The van der Waals surface area contributed by atoms with Crippen LogP contribution >= 0.6 is 23.2 Å². The zero-order valence-electron chi connectivity index (χ0n) is 9.88. The Hall–Kier alpha value is -0.570. The Morgan fingerprint density at radius 1 is 1.41 bits per heavy atom. The number of ketones is 1. The van der Waals surface area contributed by atoms with Crippen LogP contribution in [0.5, 0.6) is 0 Å². The lowest BCUT2D eigenvalue weighted by atomic mass is 10.0. The lowest BCUT2D eigenvalue weighted by Gasteiger charge is -2.08. The maximum absolute atomic E-state index is 11.7. The zero-order chi connectivity index (χ0) is 12.8. The van der Waals surface area contributed by atoms with Crippen LogP contribution in [0, 0.1) is 5.92 Å². The summed E-state index contributed by atoms with van der Waals surface area (Å²) in [7, 11) is 0. The van der Waals surface area contributed by atoms with Crippen molar-refractivity contribution in [1.29, 1.82) is 0 Å². The van der Waals surface area contributed by atoms with E-state index in [-0.39, 0.29) is 5.78 Å². The van der Waals surface area contributed by atoms with Crippen molar-refractivity contribution in [3.05, 3.63) is 33.8 Å². The molecule has 1 aromatic carbocycles. The summed E-state index contributed by atoms with van der Waals surface area (Å²) in [6.45, 7) is 2.66. The van der Waals surface area contributed by atoms with Gasteiger partial charge in [-0.1, -0.05) is 36.2 Å². The van der Waals surface area contributed by atoms with Crippen LogP contribution in [0.25, 0.3) is 0 Å². The first-order chi connectivity index (χ1) is 8.02. The third kappa shape index (κ3) is 5.07. The van der Waals surface area contributed by atoms with Crippen LogP contribution in [0.15, 0.2) is 18.2 Å². The Kier molecular flexibility index (Phi) is 5.96. The van der Waals surface area contributed by atoms with Gasteiger partial charge in [0.2, 0.25) is 0 Å². The van der Waals surface area contributed by atoms with E-state index in [1.807, 2.05) is 6.92 Å². The van der Waals surface area contributed by atoms with Gasteiger partial charge < -0.3 is 5.73 Å². The maximum Gasteiger partial charge on any atom is 0.137 e. The van der Waals surface area contributed by atoms with Gasteiger partial charge in [0, 0.05) is 22.9 Å². The van der Waals surface area contributed by atoms with E-state index in [0.29, 0.717) is 35.3 Å². The molecule has 0 spiro atoms. The van der Waals surface area contributed by atoms with Gasteiger partial charge >= 0.3 is 0 Å². The number of Topliss-reactive ketones (excluding diaryl/α,β-unsaturated/α-hetero) is 1. The highest BCUT2D eigenvalue weighted by Gasteiger charge is 2.09. The number of carbonyl (C=O) groups excluding carboxylic acids is 1. The molecule has 2 N–H and O–H groups in total. The lowest BCUT2D eigenvalue weighted by molar-refractivity contribution is -0.118. The van der Waals surface area contributed by atoms with Crippen LogP contribution in [0.2, 0.25) is 10.0 Å². The summed E-state index contributed by atoms with van der Waals surface area (Å²) < 4.78 is 0. The van der Waals surface area contributed by atoms with Crippen molar-refractivity contribution < 1.29 is 4.79 Å². The molecule has 0 saturated carbocycles. The molecule has 0 fully saturated rings. The summed E-state index contributed by atoms with van der Waals surface area (Å²) >= 11 is 11.8. The Bertz CT molecular complexity index is 393. The first-order valence-electron chi connectivity index (χ1n) is 5.68. The second-order valence-corrected chi connectivity index (χ2v) is 5.17. The van der Waals surface area contributed by atoms with Crippen molar-refractivity contribution in [2.45, 2.75) is 26.2 Å². The smallest absolute Gasteiger partial charge is 0.137 e. The average Bonchev–Trinajstić information content (AvgIpc) is 2.29. The quantitative estimate of drug-likeness (QED) is 0.863. The first kappa shape index (κ1) is 14.5. The number of hydrogen-bond acceptors (Lipinski definition) is 2. The van der Waals surface area contributed by atoms with Gasteiger partial charge in [-0.05, 0) is 36.6 Å². The monoisotopic (exact) mass is 273 g/mol. The normalized spacial score (nSPS) is 12.5. The molecule has 0 amide bonds. The van der Waals surface area contributed by atoms with Crippen LogP contribution in [-0.2, 0) is 11.2 Å². The highest BCUT2D eigenvalue weighted by molar-refractivity contribution is 6.35. The number of rotatable bonds is 6. The molecule has 0 bridgehead atoms. The molecule has 0 aliphatic heterocycles. The Balaban J connectivity index is 2.50. The van der Waals surface area contributed by atoms with Gasteiger partial charge in [-0.3, -0.25) is 4.79 Å². The molecule has 1 unspecified atom stereocenters. The summed E-state index contributed by atoms with van der Waals surface area (Å²) in [6.07, 6.45) is 1.76. The van der Waals surface area contributed by atoms with Gasteiger partial charge in [-0.25, -0.2) is 0 Å². The highest BCUT2D eigenvalue weighted by Crippen LogP contribution is 2.22.